The van der Waals surface area contributed by atoms with Gasteiger partial charge in [-0.3, -0.25) is 4.79 Å². The molecule has 204 valence electrons. The van der Waals surface area contributed by atoms with Crippen LogP contribution in [-0.2, 0) is 27.8 Å². The van der Waals surface area contributed by atoms with Crippen molar-refractivity contribution in [2.75, 3.05) is 11.9 Å². The molecule has 1 heterocycles. The molecular weight excluding hydrogens is 512 g/mol. The summed E-state index contributed by atoms with van der Waals surface area (Å²) in [4.78, 5) is 17.7. The Hall–Kier alpha value is -3.82. The van der Waals surface area contributed by atoms with Gasteiger partial charge >= 0.3 is 0 Å². The predicted octanol–water partition coefficient (Wildman–Crippen LogP) is 5.54. The summed E-state index contributed by atoms with van der Waals surface area (Å²) in [5.41, 5.74) is 4.62. The number of aryl methyl sites for hydroxylation is 3. The summed E-state index contributed by atoms with van der Waals surface area (Å²) in [6, 6.07) is 20.3. The molecule has 0 saturated heterocycles. The standard InChI is InChI=1S/C30H34N4O4S/c1-20(2)30-32-27(33-38-30)17-24-11-13-26(14-12-24)31-28(35)19-34(18-25-9-7-6-8-10-25)39(36,37)29-22(4)15-21(3)16-23(29)5/h6-16,20H,17-19H2,1-5H3,(H,31,35). The van der Waals surface area contributed by atoms with E-state index in [4.69, 9.17) is 4.52 Å². The molecule has 0 aliphatic rings. The van der Waals surface area contributed by atoms with Crippen molar-refractivity contribution in [2.24, 2.45) is 0 Å². The summed E-state index contributed by atoms with van der Waals surface area (Å²) in [6.07, 6.45) is 0.503. The van der Waals surface area contributed by atoms with Crippen LogP contribution in [0.25, 0.3) is 0 Å². The van der Waals surface area contributed by atoms with Crippen LogP contribution in [-0.4, -0.2) is 35.3 Å². The number of hydrogen-bond acceptors (Lipinski definition) is 6. The molecule has 8 nitrogen and oxygen atoms in total. The van der Waals surface area contributed by atoms with Crippen molar-refractivity contribution in [1.29, 1.82) is 0 Å². The number of anilines is 1. The van der Waals surface area contributed by atoms with Gasteiger partial charge in [0.15, 0.2) is 5.82 Å². The van der Waals surface area contributed by atoms with E-state index in [0.717, 1.165) is 16.7 Å². The highest BCUT2D eigenvalue weighted by molar-refractivity contribution is 7.89. The minimum atomic E-state index is -3.96. The van der Waals surface area contributed by atoms with Crippen molar-refractivity contribution in [3.63, 3.8) is 0 Å². The Bertz CT molecular complexity index is 1520. The zero-order chi connectivity index (χ0) is 28.2. The van der Waals surface area contributed by atoms with Crippen LogP contribution in [0.5, 0.6) is 0 Å². The number of sulfonamides is 1. The van der Waals surface area contributed by atoms with Crippen LogP contribution in [0.4, 0.5) is 5.69 Å². The normalized spacial score (nSPS) is 11.8. The summed E-state index contributed by atoms with van der Waals surface area (Å²) < 4.78 is 34.2. The second-order valence-electron chi connectivity index (χ2n) is 10.1. The number of carbonyl (C=O) groups excluding carboxylic acids is 1. The van der Waals surface area contributed by atoms with Crippen molar-refractivity contribution in [3.05, 3.63) is 106 Å². The number of carbonyl (C=O) groups is 1. The van der Waals surface area contributed by atoms with Crippen LogP contribution in [0.2, 0.25) is 0 Å². The smallest absolute Gasteiger partial charge is 0.244 e. The topological polar surface area (TPSA) is 105 Å². The third kappa shape index (κ3) is 6.99. The van der Waals surface area contributed by atoms with Gasteiger partial charge in [0.1, 0.15) is 0 Å². The monoisotopic (exact) mass is 546 g/mol. The minimum Gasteiger partial charge on any atom is -0.339 e. The fraction of sp³-hybridized carbons (Fsp3) is 0.300. The third-order valence-electron chi connectivity index (χ3n) is 6.30. The number of nitrogens with zero attached hydrogens (tertiary/aromatic N) is 3. The van der Waals surface area contributed by atoms with Gasteiger partial charge in [0.05, 0.1) is 11.4 Å². The van der Waals surface area contributed by atoms with Crippen LogP contribution < -0.4 is 5.32 Å². The fourth-order valence-electron chi connectivity index (χ4n) is 4.54. The second-order valence-corrected chi connectivity index (χ2v) is 12.0. The molecule has 0 unspecified atom stereocenters. The number of nitrogens with one attached hydrogen (secondary N) is 1. The Balaban J connectivity index is 1.51. The molecule has 0 atom stereocenters. The van der Waals surface area contributed by atoms with Crippen molar-refractivity contribution >= 4 is 21.6 Å². The first-order valence-electron chi connectivity index (χ1n) is 12.9. The van der Waals surface area contributed by atoms with E-state index in [-0.39, 0.29) is 23.9 Å². The first kappa shape index (κ1) is 28.2. The van der Waals surface area contributed by atoms with Gasteiger partial charge in [-0.05, 0) is 55.2 Å². The van der Waals surface area contributed by atoms with E-state index in [1.807, 2.05) is 75.4 Å². The van der Waals surface area contributed by atoms with Gasteiger partial charge in [-0.25, -0.2) is 8.42 Å². The second kappa shape index (κ2) is 11.9. The van der Waals surface area contributed by atoms with E-state index in [2.05, 4.69) is 15.5 Å². The highest BCUT2D eigenvalue weighted by Crippen LogP contribution is 2.26. The quantitative estimate of drug-likeness (QED) is 0.280. The molecule has 0 aliphatic carbocycles. The highest BCUT2D eigenvalue weighted by Gasteiger charge is 2.30. The molecule has 0 saturated carbocycles. The van der Waals surface area contributed by atoms with Crippen molar-refractivity contribution in [2.45, 2.75) is 58.4 Å². The van der Waals surface area contributed by atoms with E-state index in [9.17, 15) is 13.2 Å². The molecule has 0 aliphatic heterocycles. The van der Waals surface area contributed by atoms with Crippen LogP contribution >= 0.6 is 0 Å². The maximum Gasteiger partial charge on any atom is 0.244 e. The first-order chi connectivity index (χ1) is 18.5. The lowest BCUT2D eigenvalue weighted by Gasteiger charge is -2.24. The average molecular weight is 547 g/mol. The highest BCUT2D eigenvalue weighted by atomic mass is 32.2. The van der Waals surface area contributed by atoms with E-state index >= 15 is 0 Å². The molecule has 4 rings (SSSR count). The maximum atomic E-state index is 13.9. The largest absolute Gasteiger partial charge is 0.339 e. The van der Waals surface area contributed by atoms with E-state index in [1.54, 1.807) is 26.0 Å². The molecular formula is C30H34N4O4S. The number of amides is 1. The Morgan fingerprint density at radius 2 is 1.59 bits per heavy atom. The summed E-state index contributed by atoms with van der Waals surface area (Å²) in [5, 5.41) is 6.85. The molecule has 39 heavy (non-hydrogen) atoms. The van der Waals surface area contributed by atoms with E-state index in [0.29, 0.717) is 35.0 Å². The summed E-state index contributed by atoms with van der Waals surface area (Å²) in [5.74, 6) is 0.927. The van der Waals surface area contributed by atoms with Gasteiger partial charge in [0.2, 0.25) is 21.8 Å². The molecule has 4 aromatic rings. The minimum absolute atomic E-state index is 0.0748. The Morgan fingerprint density at radius 1 is 0.949 bits per heavy atom. The van der Waals surface area contributed by atoms with Crippen molar-refractivity contribution < 1.29 is 17.7 Å². The Morgan fingerprint density at radius 3 is 2.18 bits per heavy atom. The molecule has 1 aromatic heterocycles. The summed E-state index contributed by atoms with van der Waals surface area (Å²) >= 11 is 0. The van der Waals surface area contributed by atoms with Gasteiger partial charge < -0.3 is 9.84 Å². The molecule has 0 radical (unpaired) electrons. The lowest BCUT2D eigenvalue weighted by atomic mass is 10.1. The molecule has 1 amide bonds. The van der Waals surface area contributed by atoms with E-state index in [1.165, 1.54) is 4.31 Å². The average Bonchev–Trinajstić information content (AvgIpc) is 3.33. The molecule has 0 spiro atoms. The molecule has 3 aromatic carbocycles. The van der Waals surface area contributed by atoms with Gasteiger partial charge in [-0.15, -0.1) is 0 Å². The maximum absolute atomic E-state index is 13.9. The molecule has 0 bridgehead atoms. The van der Waals surface area contributed by atoms with E-state index < -0.39 is 15.9 Å². The van der Waals surface area contributed by atoms with Gasteiger partial charge in [0, 0.05) is 24.6 Å². The molecule has 9 heteroatoms. The zero-order valence-electron chi connectivity index (χ0n) is 22.9. The van der Waals surface area contributed by atoms with Crippen LogP contribution in [0.3, 0.4) is 0 Å². The van der Waals surface area contributed by atoms with Crippen LogP contribution in [0.15, 0.2) is 76.1 Å². The Labute approximate surface area is 230 Å². The third-order valence-corrected chi connectivity index (χ3v) is 8.40. The zero-order valence-corrected chi connectivity index (χ0v) is 23.7. The van der Waals surface area contributed by atoms with Gasteiger partial charge in [-0.1, -0.05) is 79.2 Å². The van der Waals surface area contributed by atoms with Crippen LogP contribution in [0, 0.1) is 20.8 Å². The SMILES string of the molecule is Cc1cc(C)c(S(=O)(=O)N(CC(=O)Nc2ccc(Cc3noc(C(C)C)n3)cc2)Cc2ccccc2)c(C)c1. The van der Waals surface area contributed by atoms with Crippen LogP contribution in [0.1, 0.15) is 59.3 Å². The summed E-state index contributed by atoms with van der Waals surface area (Å²) in [7, 11) is -3.96. The summed E-state index contributed by atoms with van der Waals surface area (Å²) in [6.45, 7) is 9.23. The molecule has 0 fully saturated rings. The Kier molecular flexibility index (Phi) is 8.62. The number of hydrogen-bond donors (Lipinski definition) is 1. The predicted molar refractivity (Wildman–Crippen MR) is 151 cm³/mol. The number of rotatable bonds is 10. The number of benzene rings is 3. The molecule has 1 N–H and O–H groups in total. The van der Waals surface area contributed by atoms with Crippen molar-refractivity contribution in [3.8, 4) is 0 Å². The number of aromatic nitrogens is 2. The van der Waals surface area contributed by atoms with Gasteiger partial charge in [0.25, 0.3) is 0 Å². The fourth-order valence-corrected chi connectivity index (χ4v) is 6.33. The van der Waals surface area contributed by atoms with Gasteiger partial charge in [-0.2, -0.15) is 9.29 Å². The first-order valence-corrected chi connectivity index (χ1v) is 14.3. The van der Waals surface area contributed by atoms with Crippen molar-refractivity contribution in [1.82, 2.24) is 14.4 Å². The lowest BCUT2D eigenvalue weighted by Crippen LogP contribution is -2.38. The lowest BCUT2D eigenvalue weighted by molar-refractivity contribution is -0.116.